The maximum atomic E-state index is 12.3. The Morgan fingerprint density at radius 1 is 0.885 bits per heavy atom. The average Bonchev–Trinajstić information content (AvgIpc) is 3.16. The first-order valence-corrected chi connectivity index (χ1v) is 8.54. The van der Waals surface area contributed by atoms with Gasteiger partial charge in [0.1, 0.15) is 11.6 Å². The van der Waals surface area contributed by atoms with Gasteiger partial charge in [0.05, 0.1) is 30.3 Å². The Balaban J connectivity index is 1.62. The number of H-pyrrole nitrogens is 1. The van der Waals surface area contributed by atoms with Crippen molar-refractivity contribution in [1.82, 2.24) is 14.9 Å². The molecule has 0 radical (unpaired) electrons. The van der Waals surface area contributed by atoms with Gasteiger partial charge in [0.15, 0.2) is 0 Å². The standard InChI is InChI=1S/C21H19N3O2/c25-21-18-10-4-5-11-19(18)22-20(23-21)15-24(14-17-9-6-12-26-17)13-16-7-2-1-3-8-16/h1-12H,13-15H2,(H,22,23,25). The van der Waals surface area contributed by atoms with Gasteiger partial charge >= 0.3 is 0 Å². The Bertz CT molecular complexity index is 1040. The number of rotatable bonds is 6. The van der Waals surface area contributed by atoms with E-state index in [2.05, 4.69) is 27.0 Å². The number of fused-ring (bicyclic) bond motifs is 1. The van der Waals surface area contributed by atoms with E-state index in [9.17, 15) is 4.79 Å². The number of benzene rings is 2. The lowest BCUT2D eigenvalue weighted by Crippen LogP contribution is -2.25. The van der Waals surface area contributed by atoms with Crippen LogP contribution in [0.2, 0.25) is 0 Å². The smallest absolute Gasteiger partial charge is 0.258 e. The second-order valence-corrected chi connectivity index (χ2v) is 6.24. The van der Waals surface area contributed by atoms with E-state index in [0.717, 1.165) is 12.3 Å². The summed E-state index contributed by atoms with van der Waals surface area (Å²) in [5.74, 6) is 1.53. The number of furan rings is 1. The zero-order valence-electron chi connectivity index (χ0n) is 14.3. The second-order valence-electron chi connectivity index (χ2n) is 6.24. The lowest BCUT2D eigenvalue weighted by molar-refractivity contribution is 0.221. The van der Waals surface area contributed by atoms with E-state index in [-0.39, 0.29) is 5.56 Å². The van der Waals surface area contributed by atoms with Crippen molar-refractivity contribution in [2.24, 2.45) is 0 Å². The summed E-state index contributed by atoms with van der Waals surface area (Å²) in [5.41, 5.74) is 1.80. The molecular weight excluding hydrogens is 326 g/mol. The highest BCUT2D eigenvalue weighted by atomic mass is 16.3. The van der Waals surface area contributed by atoms with Gasteiger partial charge in [0.25, 0.3) is 5.56 Å². The van der Waals surface area contributed by atoms with Gasteiger partial charge in [-0.05, 0) is 29.8 Å². The molecule has 4 aromatic rings. The summed E-state index contributed by atoms with van der Waals surface area (Å²) in [7, 11) is 0. The molecule has 0 bridgehead atoms. The van der Waals surface area contributed by atoms with Crippen LogP contribution in [0.5, 0.6) is 0 Å². The van der Waals surface area contributed by atoms with E-state index >= 15 is 0 Å². The van der Waals surface area contributed by atoms with Crippen LogP contribution in [0.15, 0.2) is 82.2 Å². The van der Waals surface area contributed by atoms with Crippen molar-refractivity contribution < 1.29 is 4.42 Å². The maximum absolute atomic E-state index is 12.3. The fourth-order valence-electron chi connectivity index (χ4n) is 3.05. The number of hydrogen-bond donors (Lipinski definition) is 1. The van der Waals surface area contributed by atoms with Crippen LogP contribution in [0, 0.1) is 0 Å². The Hall–Kier alpha value is -3.18. The molecule has 0 atom stereocenters. The van der Waals surface area contributed by atoms with E-state index in [1.165, 1.54) is 5.56 Å². The van der Waals surface area contributed by atoms with Crippen molar-refractivity contribution in [2.45, 2.75) is 19.6 Å². The lowest BCUT2D eigenvalue weighted by Gasteiger charge is -2.21. The average molecular weight is 345 g/mol. The number of hydrogen-bond acceptors (Lipinski definition) is 4. The molecular formula is C21H19N3O2. The Morgan fingerprint density at radius 3 is 2.50 bits per heavy atom. The fraction of sp³-hybridized carbons (Fsp3) is 0.143. The van der Waals surface area contributed by atoms with Crippen molar-refractivity contribution in [3.05, 3.63) is 100 Å². The monoisotopic (exact) mass is 345 g/mol. The van der Waals surface area contributed by atoms with Crippen LogP contribution in [-0.4, -0.2) is 14.9 Å². The van der Waals surface area contributed by atoms with Crippen molar-refractivity contribution in [3.8, 4) is 0 Å². The van der Waals surface area contributed by atoms with Crippen LogP contribution in [0.4, 0.5) is 0 Å². The third-order valence-corrected chi connectivity index (χ3v) is 4.24. The Kier molecular flexibility index (Phi) is 4.62. The molecule has 0 unspecified atom stereocenters. The maximum Gasteiger partial charge on any atom is 0.258 e. The van der Waals surface area contributed by atoms with Crippen molar-refractivity contribution >= 4 is 10.9 Å². The van der Waals surface area contributed by atoms with Crippen LogP contribution >= 0.6 is 0 Å². The first-order valence-electron chi connectivity index (χ1n) is 8.54. The Morgan fingerprint density at radius 2 is 1.69 bits per heavy atom. The molecule has 0 saturated carbocycles. The quantitative estimate of drug-likeness (QED) is 0.578. The lowest BCUT2D eigenvalue weighted by atomic mass is 10.2. The molecule has 5 nitrogen and oxygen atoms in total. The zero-order valence-corrected chi connectivity index (χ0v) is 14.3. The van der Waals surface area contributed by atoms with Crippen molar-refractivity contribution in [3.63, 3.8) is 0 Å². The van der Waals surface area contributed by atoms with Gasteiger partial charge in [-0.25, -0.2) is 4.98 Å². The van der Waals surface area contributed by atoms with Gasteiger partial charge in [0.2, 0.25) is 0 Å². The first-order chi connectivity index (χ1) is 12.8. The first kappa shape index (κ1) is 16.3. The van der Waals surface area contributed by atoms with Gasteiger partial charge in [0, 0.05) is 6.54 Å². The molecule has 4 rings (SSSR count). The summed E-state index contributed by atoms with van der Waals surface area (Å²) in [4.78, 5) is 22.0. The minimum atomic E-state index is -0.108. The predicted octanol–water partition coefficient (Wildman–Crippen LogP) is 3.72. The van der Waals surface area contributed by atoms with E-state index in [1.54, 1.807) is 12.3 Å². The highest BCUT2D eigenvalue weighted by Crippen LogP contribution is 2.14. The third kappa shape index (κ3) is 3.73. The number of aromatic amines is 1. The predicted molar refractivity (Wildman–Crippen MR) is 100 cm³/mol. The van der Waals surface area contributed by atoms with Crippen molar-refractivity contribution in [2.75, 3.05) is 0 Å². The van der Waals surface area contributed by atoms with Crippen LogP contribution in [0.3, 0.4) is 0 Å². The minimum Gasteiger partial charge on any atom is -0.468 e. The zero-order chi connectivity index (χ0) is 17.8. The van der Waals surface area contributed by atoms with Gasteiger partial charge in [-0.3, -0.25) is 9.69 Å². The third-order valence-electron chi connectivity index (χ3n) is 4.24. The minimum absolute atomic E-state index is 0.108. The second kappa shape index (κ2) is 7.37. The van der Waals surface area contributed by atoms with Crippen LogP contribution in [0.25, 0.3) is 10.9 Å². The molecule has 2 aromatic heterocycles. The molecule has 2 aromatic carbocycles. The topological polar surface area (TPSA) is 62.1 Å². The Labute approximate surface area is 150 Å². The summed E-state index contributed by atoms with van der Waals surface area (Å²) in [6, 6.07) is 21.5. The molecule has 0 spiro atoms. The SMILES string of the molecule is O=c1[nH]c(CN(Cc2ccccc2)Cc2ccco2)nc2ccccc12. The van der Waals surface area contributed by atoms with E-state index < -0.39 is 0 Å². The molecule has 0 amide bonds. The van der Waals surface area contributed by atoms with E-state index in [0.29, 0.717) is 29.8 Å². The summed E-state index contributed by atoms with van der Waals surface area (Å²) in [5, 5.41) is 0.608. The van der Waals surface area contributed by atoms with Gasteiger partial charge < -0.3 is 9.40 Å². The molecule has 0 aliphatic carbocycles. The molecule has 1 N–H and O–H groups in total. The molecule has 0 aliphatic heterocycles. The number of aromatic nitrogens is 2. The summed E-state index contributed by atoms with van der Waals surface area (Å²) >= 11 is 0. The molecule has 0 aliphatic rings. The normalized spacial score (nSPS) is 11.3. The fourth-order valence-corrected chi connectivity index (χ4v) is 3.05. The molecule has 2 heterocycles. The van der Waals surface area contributed by atoms with Crippen molar-refractivity contribution in [1.29, 1.82) is 0 Å². The largest absolute Gasteiger partial charge is 0.468 e. The van der Waals surface area contributed by atoms with Gasteiger partial charge in [-0.2, -0.15) is 0 Å². The number of para-hydroxylation sites is 1. The van der Waals surface area contributed by atoms with Crippen LogP contribution in [0.1, 0.15) is 17.1 Å². The summed E-state index contributed by atoms with van der Waals surface area (Å²) in [6.45, 7) is 1.90. The van der Waals surface area contributed by atoms with Crippen LogP contribution < -0.4 is 5.56 Å². The number of nitrogens with zero attached hydrogens (tertiary/aromatic N) is 2. The number of nitrogens with one attached hydrogen (secondary N) is 1. The highest BCUT2D eigenvalue weighted by Gasteiger charge is 2.12. The summed E-state index contributed by atoms with van der Waals surface area (Å²) in [6.07, 6.45) is 1.67. The molecule has 130 valence electrons. The van der Waals surface area contributed by atoms with E-state index in [1.807, 2.05) is 48.5 Å². The van der Waals surface area contributed by atoms with Gasteiger partial charge in [-0.1, -0.05) is 42.5 Å². The van der Waals surface area contributed by atoms with E-state index in [4.69, 9.17) is 4.42 Å². The highest BCUT2D eigenvalue weighted by molar-refractivity contribution is 5.77. The van der Waals surface area contributed by atoms with Crippen LogP contribution in [-0.2, 0) is 19.6 Å². The molecule has 0 fully saturated rings. The molecule has 5 heteroatoms. The molecule has 0 saturated heterocycles. The summed E-state index contributed by atoms with van der Waals surface area (Å²) < 4.78 is 5.50. The van der Waals surface area contributed by atoms with Gasteiger partial charge in [-0.15, -0.1) is 0 Å². The molecule has 26 heavy (non-hydrogen) atoms.